The molecule has 7 heteroatoms. The number of ether oxygens (including phenoxy) is 3. The third kappa shape index (κ3) is 4.30. The van der Waals surface area contributed by atoms with Gasteiger partial charge in [-0.25, -0.2) is 0 Å². The minimum absolute atomic E-state index is 0.0665. The number of ketones is 1. The van der Waals surface area contributed by atoms with Crippen LogP contribution in [0.4, 0.5) is 11.4 Å². The molecule has 0 saturated heterocycles. The zero-order chi connectivity index (χ0) is 24.5. The second-order valence-corrected chi connectivity index (χ2v) is 9.12. The van der Waals surface area contributed by atoms with E-state index in [0.29, 0.717) is 35.1 Å². The van der Waals surface area contributed by atoms with Crippen molar-refractivity contribution in [2.45, 2.75) is 24.8 Å². The van der Waals surface area contributed by atoms with Crippen LogP contribution in [0, 0.1) is 0 Å². The van der Waals surface area contributed by atoms with Gasteiger partial charge in [0, 0.05) is 22.7 Å². The van der Waals surface area contributed by atoms with Crippen LogP contribution in [0.3, 0.4) is 0 Å². The molecule has 1 heterocycles. The lowest BCUT2D eigenvalue weighted by Gasteiger charge is -2.30. The van der Waals surface area contributed by atoms with Gasteiger partial charge in [-0.2, -0.15) is 0 Å². The molecule has 2 atom stereocenters. The number of carbonyl (C=O) groups excluding carboxylic acids is 1. The highest BCUT2D eigenvalue weighted by Crippen LogP contribution is 2.47. The maximum Gasteiger partial charge on any atom is 0.203 e. The van der Waals surface area contributed by atoms with Crippen LogP contribution < -0.4 is 24.8 Å². The molecule has 0 bridgehead atoms. The first-order valence-electron chi connectivity index (χ1n) is 11.5. The Hall–Kier alpha value is -3.64. The lowest BCUT2D eigenvalue weighted by molar-refractivity contribution is -0.116. The zero-order valence-corrected chi connectivity index (χ0v) is 20.6. The summed E-state index contributed by atoms with van der Waals surface area (Å²) in [6, 6.07) is 19.1. The molecule has 6 nitrogen and oxygen atoms in total. The summed E-state index contributed by atoms with van der Waals surface area (Å²) in [6.45, 7) is 0. The van der Waals surface area contributed by atoms with E-state index in [1.54, 1.807) is 21.3 Å². The van der Waals surface area contributed by atoms with Crippen LogP contribution in [0.25, 0.3) is 0 Å². The van der Waals surface area contributed by atoms with Crippen LogP contribution in [0.1, 0.15) is 35.9 Å². The normalized spacial score (nSPS) is 19.0. The highest BCUT2D eigenvalue weighted by Gasteiger charge is 2.36. The topological polar surface area (TPSA) is 68.8 Å². The van der Waals surface area contributed by atoms with Crippen LogP contribution in [0.15, 0.2) is 71.9 Å². The molecule has 0 fully saturated rings. The van der Waals surface area contributed by atoms with Crippen molar-refractivity contribution in [3.63, 3.8) is 0 Å². The Morgan fingerprint density at radius 1 is 0.829 bits per heavy atom. The van der Waals surface area contributed by atoms with Gasteiger partial charge in [0.15, 0.2) is 17.3 Å². The molecule has 0 spiro atoms. The second kappa shape index (κ2) is 9.55. The molecule has 2 aliphatic rings. The maximum absolute atomic E-state index is 13.7. The molecule has 3 aromatic carbocycles. The quantitative estimate of drug-likeness (QED) is 0.434. The molecule has 35 heavy (non-hydrogen) atoms. The van der Waals surface area contributed by atoms with Crippen LogP contribution >= 0.6 is 11.6 Å². The van der Waals surface area contributed by atoms with E-state index in [-0.39, 0.29) is 11.7 Å². The van der Waals surface area contributed by atoms with Crippen LogP contribution in [-0.4, -0.2) is 27.1 Å². The Kier molecular flexibility index (Phi) is 6.31. The van der Waals surface area contributed by atoms with Gasteiger partial charge in [-0.05, 0) is 59.9 Å². The first kappa shape index (κ1) is 23.1. The second-order valence-electron chi connectivity index (χ2n) is 8.68. The molecule has 0 saturated carbocycles. The number of rotatable bonds is 5. The van der Waals surface area contributed by atoms with Crippen LogP contribution in [0.2, 0.25) is 5.02 Å². The standard InChI is InChI=1S/C28H27ClN2O4/c1-33-24-14-18(15-25(34-2)28(24)35-3)27-26-22(30-20-6-4-5-7-21(20)31-27)12-17(13-23(26)32)16-8-10-19(29)11-9-16/h4-11,14-15,17,27,30-31H,12-13H2,1-3H3/t17-,27-/m1/s1. The molecule has 0 unspecified atom stereocenters. The van der Waals surface area contributed by atoms with Gasteiger partial charge < -0.3 is 24.8 Å². The molecule has 180 valence electrons. The number of methoxy groups -OCH3 is 3. The summed E-state index contributed by atoms with van der Waals surface area (Å²) in [5.74, 6) is 1.75. The van der Waals surface area contributed by atoms with Gasteiger partial charge in [-0.3, -0.25) is 4.79 Å². The summed E-state index contributed by atoms with van der Waals surface area (Å²) in [4.78, 5) is 13.7. The predicted octanol–water partition coefficient (Wildman–Crippen LogP) is 6.35. The largest absolute Gasteiger partial charge is 0.493 e. The lowest BCUT2D eigenvalue weighted by atomic mass is 9.78. The highest BCUT2D eigenvalue weighted by atomic mass is 35.5. The molecule has 1 aliphatic heterocycles. The van der Waals surface area contributed by atoms with Crippen molar-refractivity contribution in [3.05, 3.63) is 88.1 Å². The summed E-state index contributed by atoms with van der Waals surface area (Å²) in [5.41, 5.74) is 5.43. The SMILES string of the molecule is COc1cc([C@H]2Nc3ccccc3NC3=C2C(=O)C[C@H](c2ccc(Cl)cc2)C3)cc(OC)c1OC. The van der Waals surface area contributed by atoms with Crippen molar-refractivity contribution in [2.75, 3.05) is 32.0 Å². The van der Waals surface area contributed by atoms with E-state index < -0.39 is 6.04 Å². The smallest absolute Gasteiger partial charge is 0.203 e. The Balaban J connectivity index is 1.64. The van der Waals surface area contributed by atoms with Gasteiger partial charge in [0.2, 0.25) is 5.75 Å². The number of benzene rings is 3. The number of halogens is 1. The highest BCUT2D eigenvalue weighted by molar-refractivity contribution is 6.30. The van der Waals surface area contributed by atoms with Crippen molar-refractivity contribution >= 4 is 28.8 Å². The minimum Gasteiger partial charge on any atom is -0.493 e. The minimum atomic E-state index is -0.395. The van der Waals surface area contributed by atoms with E-state index in [9.17, 15) is 4.79 Å². The number of fused-ring (bicyclic) bond motifs is 1. The number of carbonyl (C=O) groups is 1. The number of hydrogen-bond acceptors (Lipinski definition) is 6. The van der Waals surface area contributed by atoms with Gasteiger partial charge in [-0.15, -0.1) is 0 Å². The number of hydrogen-bond donors (Lipinski definition) is 2. The molecule has 2 N–H and O–H groups in total. The summed E-state index contributed by atoms with van der Waals surface area (Å²) >= 11 is 6.10. The average molecular weight is 491 g/mol. The van der Waals surface area contributed by atoms with Crippen molar-refractivity contribution < 1.29 is 19.0 Å². The van der Waals surface area contributed by atoms with Gasteiger partial charge in [0.1, 0.15) is 0 Å². The summed E-state index contributed by atoms with van der Waals surface area (Å²) in [5, 5.41) is 7.85. The molecule has 0 radical (unpaired) electrons. The average Bonchev–Trinajstić information content (AvgIpc) is 3.05. The van der Waals surface area contributed by atoms with Gasteiger partial charge >= 0.3 is 0 Å². The molecule has 1 aliphatic carbocycles. The molecule has 5 rings (SSSR count). The predicted molar refractivity (Wildman–Crippen MR) is 138 cm³/mol. The fourth-order valence-corrected chi connectivity index (χ4v) is 5.11. The van der Waals surface area contributed by atoms with E-state index in [4.69, 9.17) is 25.8 Å². The summed E-state index contributed by atoms with van der Waals surface area (Å²) in [7, 11) is 4.75. The number of Topliss-reactive ketones (excluding diaryl/α,β-unsaturated/α-hetero) is 1. The third-order valence-electron chi connectivity index (χ3n) is 6.67. The Labute approximate surface area is 209 Å². The third-order valence-corrected chi connectivity index (χ3v) is 6.92. The molecular formula is C28H27ClN2O4. The van der Waals surface area contributed by atoms with E-state index in [2.05, 4.69) is 10.6 Å². The number of allylic oxidation sites excluding steroid dienone is 1. The van der Waals surface area contributed by atoms with E-state index in [1.165, 1.54) is 0 Å². The first-order valence-corrected chi connectivity index (χ1v) is 11.8. The van der Waals surface area contributed by atoms with E-state index in [1.807, 2.05) is 60.7 Å². The van der Waals surface area contributed by atoms with Crippen molar-refractivity contribution in [2.24, 2.45) is 0 Å². The van der Waals surface area contributed by atoms with E-state index in [0.717, 1.165) is 33.8 Å². The molecule has 0 aromatic heterocycles. The maximum atomic E-state index is 13.7. The Morgan fingerprint density at radius 3 is 2.11 bits per heavy atom. The van der Waals surface area contributed by atoms with Gasteiger partial charge in [-0.1, -0.05) is 35.9 Å². The van der Waals surface area contributed by atoms with Crippen molar-refractivity contribution in [3.8, 4) is 17.2 Å². The summed E-state index contributed by atoms with van der Waals surface area (Å²) < 4.78 is 16.7. The van der Waals surface area contributed by atoms with Crippen LogP contribution in [0.5, 0.6) is 17.2 Å². The Morgan fingerprint density at radius 2 is 1.49 bits per heavy atom. The first-order chi connectivity index (χ1) is 17.0. The van der Waals surface area contributed by atoms with Crippen molar-refractivity contribution in [1.82, 2.24) is 0 Å². The Bertz CT molecular complexity index is 1280. The van der Waals surface area contributed by atoms with E-state index >= 15 is 0 Å². The fraction of sp³-hybridized carbons (Fsp3) is 0.250. The molecule has 0 amide bonds. The zero-order valence-electron chi connectivity index (χ0n) is 19.9. The molecule has 3 aromatic rings. The fourth-order valence-electron chi connectivity index (χ4n) is 4.98. The number of anilines is 2. The monoisotopic (exact) mass is 490 g/mol. The number of para-hydroxylation sites is 2. The molecular weight excluding hydrogens is 464 g/mol. The van der Waals surface area contributed by atoms with Gasteiger partial charge in [0.05, 0.1) is 38.7 Å². The lowest BCUT2D eigenvalue weighted by Crippen LogP contribution is -2.27. The number of nitrogens with one attached hydrogen (secondary N) is 2. The van der Waals surface area contributed by atoms with Gasteiger partial charge in [0.25, 0.3) is 0 Å². The van der Waals surface area contributed by atoms with Crippen LogP contribution in [-0.2, 0) is 4.79 Å². The van der Waals surface area contributed by atoms with Crippen molar-refractivity contribution in [1.29, 1.82) is 0 Å². The summed E-state index contributed by atoms with van der Waals surface area (Å²) in [6.07, 6.45) is 1.13.